The van der Waals surface area contributed by atoms with Crippen molar-refractivity contribution in [3.63, 3.8) is 0 Å². The van der Waals surface area contributed by atoms with E-state index in [4.69, 9.17) is 0 Å². The molecule has 1 spiro atoms. The monoisotopic (exact) mass is 357 g/mol. The molecule has 1 saturated heterocycles. The van der Waals surface area contributed by atoms with E-state index >= 15 is 0 Å². The number of guanidine groups is 1. The standard InChI is InChI=1S/C18H35N3O2S/c1-3-19-17(20-13-15-24(22,23)4-2)21-14-9-12-18(16-21)10-7-5-6-8-11-18/h3-16H2,1-2H3,(H,19,20). The fourth-order valence-electron chi connectivity index (χ4n) is 4.14. The number of nitrogens with one attached hydrogen (secondary N) is 1. The van der Waals surface area contributed by atoms with Gasteiger partial charge in [0, 0.05) is 25.4 Å². The van der Waals surface area contributed by atoms with Gasteiger partial charge in [-0.1, -0.05) is 32.6 Å². The van der Waals surface area contributed by atoms with Gasteiger partial charge in [-0.05, 0) is 38.0 Å². The Morgan fingerprint density at radius 2 is 1.75 bits per heavy atom. The molecule has 1 heterocycles. The Hall–Kier alpha value is -0.780. The van der Waals surface area contributed by atoms with E-state index in [1.807, 2.05) is 0 Å². The summed E-state index contributed by atoms with van der Waals surface area (Å²) in [4.78, 5) is 7.01. The normalized spacial score (nSPS) is 22.4. The molecule has 0 amide bonds. The molecule has 6 heteroatoms. The minimum atomic E-state index is -2.95. The molecule has 140 valence electrons. The van der Waals surface area contributed by atoms with Gasteiger partial charge in [0.1, 0.15) is 0 Å². The van der Waals surface area contributed by atoms with Crippen molar-refractivity contribution in [1.82, 2.24) is 10.2 Å². The van der Waals surface area contributed by atoms with Crippen molar-refractivity contribution in [2.45, 2.75) is 65.2 Å². The maximum Gasteiger partial charge on any atom is 0.193 e. The Morgan fingerprint density at radius 3 is 2.38 bits per heavy atom. The van der Waals surface area contributed by atoms with Gasteiger partial charge >= 0.3 is 0 Å². The van der Waals surface area contributed by atoms with Crippen molar-refractivity contribution in [3.8, 4) is 0 Å². The van der Waals surface area contributed by atoms with Gasteiger partial charge in [-0.15, -0.1) is 0 Å². The van der Waals surface area contributed by atoms with Crippen molar-refractivity contribution >= 4 is 15.8 Å². The van der Waals surface area contributed by atoms with E-state index < -0.39 is 9.84 Å². The first-order chi connectivity index (χ1) is 11.5. The summed E-state index contributed by atoms with van der Waals surface area (Å²) in [6.45, 7) is 7.08. The average molecular weight is 358 g/mol. The molecule has 1 saturated carbocycles. The SMILES string of the molecule is CCNC(=NCCS(=O)(=O)CC)N1CCCC2(CCCCCC2)C1. The zero-order chi connectivity index (χ0) is 17.5. The molecule has 1 N–H and O–H groups in total. The topological polar surface area (TPSA) is 61.8 Å². The molecule has 0 unspecified atom stereocenters. The molecule has 2 fully saturated rings. The number of nitrogens with zero attached hydrogens (tertiary/aromatic N) is 2. The maximum absolute atomic E-state index is 11.7. The number of piperidine rings is 1. The molecule has 0 aromatic carbocycles. The van der Waals surface area contributed by atoms with E-state index in [9.17, 15) is 8.42 Å². The predicted molar refractivity (Wildman–Crippen MR) is 101 cm³/mol. The van der Waals surface area contributed by atoms with Gasteiger partial charge in [-0.2, -0.15) is 0 Å². The van der Waals surface area contributed by atoms with Crippen LogP contribution in [-0.2, 0) is 9.84 Å². The van der Waals surface area contributed by atoms with E-state index in [-0.39, 0.29) is 11.5 Å². The second-order valence-electron chi connectivity index (χ2n) is 7.41. The number of likely N-dealkylation sites (tertiary alicyclic amines) is 1. The molecule has 0 bridgehead atoms. The first-order valence-electron chi connectivity index (χ1n) is 9.74. The molecule has 0 aromatic rings. The van der Waals surface area contributed by atoms with Gasteiger partial charge in [0.2, 0.25) is 0 Å². The van der Waals surface area contributed by atoms with Gasteiger partial charge in [0.25, 0.3) is 0 Å². The molecule has 0 aromatic heterocycles. The lowest BCUT2D eigenvalue weighted by atomic mass is 9.74. The quantitative estimate of drug-likeness (QED) is 0.607. The Labute approximate surface area is 148 Å². The Kier molecular flexibility index (Phi) is 7.38. The van der Waals surface area contributed by atoms with Crippen molar-refractivity contribution in [2.75, 3.05) is 37.7 Å². The summed E-state index contributed by atoms with van der Waals surface area (Å²) >= 11 is 0. The molecule has 2 rings (SSSR count). The Bertz CT molecular complexity index is 508. The molecule has 1 aliphatic heterocycles. The Balaban J connectivity index is 2.03. The molecule has 1 aliphatic carbocycles. The smallest absolute Gasteiger partial charge is 0.193 e. The highest BCUT2D eigenvalue weighted by molar-refractivity contribution is 7.91. The van der Waals surface area contributed by atoms with E-state index in [1.54, 1.807) is 6.92 Å². The Morgan fingerprint density at radius 1 is 1.08 bits per heavy atom. The van der Waals surface area contributed by atoms with Gasteiger partial charge in [-0.3, -0.25) is 4.99 Å². The van der Waals surface area contributed by atoms with E-state index in [0.29, 0.717) is 12.0 Å². The fraction of sp³-hybridized carbons (Fsp3) is 0.944. The van der Waals surface area contributed by atoms with Crippen LogP contribution in [0.3, 0.4) is 0 Å². The zero-order valence-corrected chi connectivity index (χ0v) is 16.3. The van der Waals surface area contributed by atoms with Crippen LogP contribution in [0.25, 0.3) is 0 Å². The molecule has 2 aliphatic rings. The van der Waals surface area contributed by atoms with E-state index in [2.05, 4.69) is 22.1 Å². The summed E-state index contributed by atoms with van der Waals surface area (Å²) in [5.41, 5.74) is 0.459. The van der Waals surface area contributed by atoms with Crippen molar-refractivity contribution in [3.05, 3.63) is 0 Å². The third kappa shape index (κ3) is 5.64. The van der Waals surface area contributed by atoms with Gasteiger partial charge < -0.3 is 10.2 Å². The van der Waals surface area contributed by atoms with Crippen molar-refractivity contribution in [1.29, 1.82) is 0 Å². The van der Waals surface area contributed by atoms with Crippen LogP contribution in [0.5, 0.6) is 0 Å². The molecule has 24 heavy (non-hydrogen) atoms. The summed E-state index contributed by atoms with van der Waals surface area (Å²) in [5.74, 6) is 1.26. The molecular weight excluding hydrogens is 322 g/mol. The third-order valence-electron chi connectivity index (χ3n) is 5.56. The van der Waals surface area contributed by atoms with Crippen LogP contribution in [0.2, 0.25) is 0 Å². The van der Waals surface area contributed by atoms with Crippen LogP contribution >= 0.6 is 0 Å². The van der Waals surface area contributed by atoms with Crippen LogP contribution in [0.4, 0.5) is 0 Å². The van der Waals surface area contributed by atoms with Crippen molar-refractivity contribution in [2.24, 2.45) is 10.4 Å². The van der Waals surface area contributed by atoms with Gasteiger partial charge in [0.05, 0.1) is 12.3 Å². The molecule has 0 radical (unpaired) electrons. The lowest BCUT2D eigenvalue weighted by Crippen LogP contribution is -2.50. The lowest BCUT2D eigenvalue weighted by molar-refractivity contribution is 0.115. The zero-order valence-electron chi connectivity index (χ0n) is 15.5. The van der Waals surface area contributed by atoms with Crippen LogP contribution < -0.4 is 5.32 Å². The summed E-state index contributed by atoms with van der Waals surface area (Å²) in [6.07, 6.45) is 10.7. The summed E-state index contributed by atoms with van der Waals surface area (Å²) in [7, 11) is -2.95. The summed E-state index contributed by atoms with van der Waals surface area (Å²) < 4.78 is 23.4. The average Bonchev–Trinajstić information content (AvgIpc) is 2.79. The lowest BCUT2D eigenvalue weighted by Gasteiger charge is -2.44. The fourth-order valence-corrected chi connectivity index (χ4v) is 4.79. The van der Waals surface area contributed by atoms with E-state index in [0.717, 1.165) is 25.6 Å². The number of rotatable bonds is 5. The van der Waals surface area contributed by atoms with Crippen LogP contribution in [0.15, 0.2) is 4.99 Å². The maximum atomic E-state index is 11.7. The summed E-state index contributed by atoms with van der Waals surface area (Å²) in [6, 6.07) is 0. The molecular formula is C18H35N3O2S. The predicted octanol–water partition coefficient (Wildman–Crippen LogP) is 2.82. The first-order valence-corrected chi connectivity index (χ1v) is 11.6. The second kappa shape index (κ2) is 9.07. The van der Waals surface area contributed by atoms with Crippen LogP contribution in [-0.4, -0.2) is 57.0 Å². The number of sulfone groups is 1. The largest absolute Gasteiger partial charge is 0.357 e. The highest BCUT2D eigenvalue weighted by Crippen LogP contribution is 2.42. The highest BCUT2D eigenvalue weighted by atomic mass is 32.2. The first kappa shape index (κ1) is 19.5. The van der Waals surface area contributed by atoms with Crippen LogP contribution in [0, 0.1) is 5.41 Å². The minimum Gasteiger partial charge on any atom is -0.357 e. The summed E-state index contributed by atoms with van der Waals surface area (Å²) in [5, 5.41) is 3.38. The number of aliphatic imine (C=N–C) groups is 1. The number of hydrogen-bond donors (Lipinski definition) is 1. The van der Waals surface area contributed by atoms with Crippen molar-refractivity contribution < 1.29 is 8.42 Å². The number of hydrogen-bond acceptors (Lipinski definition) is 3. The molecule has 0 atom stereocenters. The van der Waals surface area contributed by atoms with Crippen LogP contribution in [0.1, 0.15) is 65.2 Å². The second-order valence-corrected chi connectivity index (χ2v) is 9.88. The highest BCUT2D eigenvalue weighted by Gasteiger charge is 2.36. The third-order valence-corrected chi connectivity index (χ3v) is 7.25. The minimum absolute atomic E-state index is 0.150. The molecule has 5 nitrogen and oxygen atoms in total. The van der Waals surface area contributed by atoms with Gasteiger partial charge in [-0.25, -0.2) is 8.42 Å². The van der Waals surface area contributed by atoms with E-state index in [1.165, 1.54) is 51.4 Å². The van der Waals surface area contributed by atoms with Gasteiger partial charge in [0.15, 0.2) is 15.8 Å².